The van der Waals surface area contributed by atoms with E-state index >= 15 is 0 Å². The molecule has 0 atom stereocenters. The van der Waals surface area contributed by atoms with Gasteiger partial charge in [-0.3, -0.25) is 9.59 Å². The molecule has 122 valence electrons. The van der Waals surface area contributed by atoms with Crippen LogP contribution >= 0.6 is 27.7 Å². The minimum atomic E-state index is -0.379. The van der Waals surface area contributed by atoms with Crippen molar-refractivity contribution in [3.05, 3.63) is 22.7 Å². The summed E-state index contributed by atoms with van der Waals surface area (Å²) in [5.74, 6) is -0.721. The predicted octanol–water partition coefficient (Wildman–Crippen LogP) is 4.08. The van der Waals surface area contributed by atoms with E-state index in [1.807, 2.05) is 5.40 Å². The summed E-state index contributed by atoms with van der Waals surface area (Å²) < 4.78 is 5.78. The average Bonchev–Trinajstić information content (AvgIpc) is 2.56. The van der Waals surface area contributed by atoms with Crippen molar-refractivity contribution in [1.29, 1.82) is 5.26 Å². The Morgan fingerprint density at radius 1 is 1.35 bits per heavy atom. The van der Waals surface area contributed by atoms with Gasteiger partial charge in [0.2, 0.25) is 0 Å². The SMILES string of the molecule is N#CSc1ccc(NC(=O)COC(=O)C2CCCCC2)c(Br)c1. The molecule has 1 fully saturated rings. The molecule has 1 N–H and O–H groups in total. The number of carbonyl (C=O) groups is 2. The van der Waals surface area contributed by atoms with E-state index in [2.05, 4.69) is 21.2 Å². The Kier molecular flexibility index (Phi) is 6.93. The van der Waals surface area contributed by atoms with Gasteiger partial charge in [0.1, 0.15) is 5.40 Å². The maximum Gasteiger partial charge on any atom is 0.309 e. The Morgan fingerprint density at radius 2 is 2.09 bits per heavy atom. The van der Waals surface area contributed by atoms with Gasteiger partial charge in [-0.1, -0.05) is 19.3 Å². The molecule has 23 heavy (non-hydrogen) atoms. The number of esters is 1. The quantitative estimate of drug-likeness (QED) is 0.460. The molecule has 0 aromatic heterocycles. The summed E-state index contributed by atoms with van der Waals surface area (Å²) >= 11 is 4.38. The van der Waals surface area contributed by atoms with Gasteiger partial charge in [0.25, 0.3) is 5.91 Å². The molecule has 0 aliphatic heterocycles. The monoisotopic (exact) mass is 396 g/mol. The van der Waals surface area contributed by atoms with Crippen LogP contribution in [0.5, 0.6) is 0 Å². The molecule has 1 aliphatic rings. The summed E-state index contributed by atoms with van der Waals surface area (Å²) in [5.41, 5.74) is 0.575. The van der Waals surface area contributed by atoms with Gasteiger partial charge in [0.05, 0.1) is 11.6 Å². The largest absolute Gasteiger partial charge is 0.455 e. The van der Waals surface area contributed by atoms with Crippen LogP contribution in [-0.4, -0.2) is 18.5 Å². The highest BCUT2D eigenvalue weighted by molar-refractivity contribution is 9.10. The Bertz CT molecular complexity index is 624. The van der Waals surface area contributed by atoms with Crippen LogP contribution < -0.4 is 5.32 Å². The zero-order chi connectivity index (χ0) is 16.7. The Balaban J connectivity index is 1.82. The fourth-order valence-corrected chi connectivity index (χ4v) is 3.54. The molecule has 1 aromatic rings. The number of thioether (sulfide) groups is 1. The van der Waals surface area contributed by atoms with Crippen LogP contribution in [0.4, 0.5) is 5.69 Å². The van der Waals surface area contributed by atoms with E-state index in [1.165, 1.54) is 6.42 Å². The zero-order valence-electron chi connectivity index (χ0n) is 12.5. The smallest absolute Gasteiger partial charge is 0.309 e. The lowest BCUT2D eigenvalue weighted by atomic mass is 9.89. The first-order valence-corrected chi connectivity index (χ1v) is 9.03. The summed E-state index contributed by atoms with van der Waals surface area (Å²) in [6, 6.07) is 5.18. The number of amides is 1. The van der Waals surface area contributed by atoms with Gasteiger partial charge < -0.3 is 10.1 Å². The molecule has 0 bridgehead atoms. The molecular weight excluding hydrogens is 380 g/mol. The third kappa shape index (κ3) is 5.56. The average molecular weight is 397 g/mol. The zero-order valence-corrected chi connectivity index (χ0v) is 14.9. The number of hydrogen-bond donors (Lipinski definition) is 1. The molecule has 0 unspecified atom stereocenters. The van der Waals surface area contributed by atoms with Gasteiger partial charge in [-0.25, -0.2) is 0 Å². The van der Waals surface area contributed by atoms with Crippen molar-refractivity contribution >= 4 is 45.3 Å². The maximum absolute atomic E-state index is 11.9. The topological polar surface area (TPSA) is 79.2 Å². The minimum Gasteiger partial charge on any atom is -0.455 e. The highest BCUT2D eigenvalue weighted by Gasteiger charge is 2.23. The van der Waals surface area contributed by atoms with Gasteiger partial charge in [-0.05, 0) is 58.7 Å². The van der Waals surface area contributed by atoms with Crippen LogP contribution in [0.1, 0.15) is 32.1 Å². The number of thiocyanates is 1. The number of hydrogen-bond acceptors (Lipinski definition) is 5. The number of nitriles is 1. The minimum absolute atomic E-state index is 0.0643. The number of nitrogens with zero attached hydrogens (tertiary/aromatic N) is 1. The lowest BCUT2D eigenvalue weighted by Gasteiger charge is -2.19. The molecule has 0 spiro atoms. The Morgan fingerprint density at radius 3 is 2.74 bits per heavy atom. The highest BCUT2D eigenvalue weighted by Crippen LogP contribution is 2.28. The summed E-state index contributed by atoms with van der Waals surface area (Å²) in [5, 5.41) is 13.3. The van der Waals surface area contributed by atoms with E-state index in [-0.39, 0.29) is 24.4 Å². The van der Waals surface area contributed by atoms with Crippen molar-refractivity contribution in [2.45, 2.75) is 37.0 Å². The standard InChI is InChI=1S/C16H17BrN2O3S/c17-13-8-12(23-10-18)6-7-14(13)19-15(20)9-22-16(21)11-4-2-1-3-5-11/h6-8,11H,1-5,9H2,(H,19,20). The molecular formula is C16H17BrN2O3S. The summed E-state index contributed by atoms with van der Waals surface area (Å²) in [6.07, 6.45) is 4.96. The van der Waals surface area contributed by atoms with Crippen LogP contribution in [0.3, 0.4) is 0 Å². The van der Waals surface area contributed by atoms with Crippen molar-refractivity contribution in [3.63, 3.8) is 0 Å². The van der Waals surface area contributed by atoms with Crippen molar-refractivity contribution in [1.82, 2.24) is 0 Å². The first kappa shape index (κ1) is 17.8. The summed E-state index contributed by atoms with van der Waals surface area (Å²) in [7, 11) is 0. The third-order valence-electron chi connectivity index (χ3n) is 3.66. The second kappa shape index (κ2) is 8.94. The molecule has 5 nitrogen and oxygen atoms in total. The van der Waals surface area contributed by atoms with Gasteiger partial charge in [0, 0.05) is 9.37 Å². The van der Waals surface area contributed by atoms with Crippen molar-refractivity contribution in [2.75, 3.05) is 11.9 Å². The van der Waals surface area contributed by atoms with Crippen LogP contribution in [0.25, 0.3) is 0 Å². The highest BCUT2D eigenvalue weighted by atomic mass is 79.9. The maximum atomic E-state index is 11.9. The van der Waals surface area contributed by atoms with Gasteiger partial charge in [-0.2, -0.15) is 5.26 Å². The normalized spacial score (nSPS) is 14.8. The van der Waals surface area contributed by atoms with Gasteiger partial charge in [-0.15, -0.1) is 0 Å². The lowest BCUT2D eigenvalue weighted by molar-refractivity contribution is -0.152. The number of benzene rings is 1. The lowest BCUT2D eigenvalue weighted by Crippen LogP contribution is -2.26. The molecule has 7 heteroatoms. The molecule has 1 amide bonds. The fraction of sp³-hybridized carbons (Fsp3) is 0.438. The van der Waals surface area contributed by atoms with Crippen molar-refractivity contribution in [3.8, 4) is 5.40 Å². The number of anilines is 1. The molecule has 1 aromatic carbocycles. The molecule has 0 heterocycles. The van der Waals surface area contributed by atoms with Gasteiger partial charge in [0.15, 0.2) is 6.61 Å². The first-order valence-electron chi connectivity index (χ1n) is 7.42. The Hall–Kier alpha value is -1.52. The number of rotatable bonds is 5. The second-order valence-electron chi connectivity index (χ2n) is 5.33. The van der Waals surface area contributed by atoms with Gasteiger partial charge >= 0.3 is 5.97 Å². The fourth-order valence-electron chi connectivity index (χ4n) is 2.49. The second-order valence-corrected chi connectivity index (χ2v) is 7.04. The summed E-state index contributed by atoms with van der Waals surface area (Å²) in [6.45, 7) is -0.281. The molecule has 1 saturated carbocycles. The summed E-state index contributed by atoms with van der Waals surface area (Å²) in [4.78, 5) is 24.6. The number of ether oxygens (including phenoxy) is 1. The van der Waals surface area contributed by atoms with Crippen LogP contribution in [0, 0.1) is 16.6 Å². The Labute approximate surface area is 147 Å². The van der Waals surface area contributed by atoms with E-state index in [0.29, 0.717) is 10.2 Å². The third-order valence-corrected chi connectivity index (χ3v) is 4.90. The number of nitrogens with one attached hydrogen (secondary N) is 1. The predicted molar refractivity (Wildman–Crippen MR) is 91.8 cm³/mol. The van der Waals surface area contributed by atoms with E-state index in [4.69, 9.17) is 10.00 Å². The van der Waals surface area contributed by atoms with Crippen molar-refractivity contribution < 1.29 is 14.3 Å². The van der Waals surface area contributed by atoms with E-state index in [0.717, 1.165) is 42.3 Å². The molecule has 2 rings (SSSR count). The van der Waals surface area contributed by atoms with E-state index in [9.17, 15) is 9.59 Å². The molecule has 0 radical (unpaired) electrons. The van der Waals surface area contributed by atoms with E-state index in [1.54, 1.807) is 18.2 Å². The molecule has 1 aliphatic carbocycles. The van der Waals surface area contributed by atoms with Crippen LogP contribution in [0.15, 0.2) is 27.6 Å². The van der Waals surface area contributed by atoms with Crippen LogP contribution in [0.2, 0.25) is 0 Å². The number of halogens is 1. The molecule has 0 saturated heterocycles. The number of carbonyl (C=O) groups excluding carboxylic acids is 2. The van der Waals surface area contributed by atoms with Crippen LogP contribution in [-0.2, 0) is 14.3 Å². The van der Waals surface area contributed by atoms with E-state index < -0.39 is 0 Å². The van der Waals surface area contributed by atoms with Crippen molar-refractivity contribution in [2.24, 2.45) is 5.92 Å². The first-order chi connectivity index (χ1) is 11.1.